The van der Waals surface area contributed by atoms with Gasteiger partial charge in [-0.1, -0.05) is 0 Å². The summed E-state index contributed by atoms with van der Waals surface area (Å²) in [7, 11) is -13.9. The number of esters is 1. The zero-order chi connectivity index (χ0) is 20.6. The summed E-state index contributed by atoms with van der Waals surface area (Å²) >= 11 is 0. The van der Waals surface area contributed by atoms with E-state index in [-0.39, 0.29) is 24.0 Å². The molecule has 2 aliphatic rings. The molecule has 0 aromatic carbocycles. The molecule has 27 heavy (non-hydrogen) atoms. The summed E-state index contributed by atoms with van der Waals surface area (Å²) in [6.45, 7) is -1.03. The zero-order valence-electron chi connectivity index (χ0n) is 13.3. The first-order chi connectivity index (χ1) is 12.3. The van der Waals surface area contributed by atoms with Gasteiger partial charge in [0.2, 0.25) is 11.0 Å². The van der Waals surface area contributed by atoms with E-state index in [1.54, 1.807) is 0 Å². The largest absolute Gasteiger partial charge is 0.486 e. The van der Waals surface area contributed by atoms with Crippen molar-refractivity contribution in [2.75, 3.05) is 32.8 Å². The standard InChI is InChI=1S/C10H14F5N3O6S3/c11-9(12,13)25(20)16-26(21)10(14,15)27(22,23)18-4-2-17(3-5-18)7-1-6-24-8(7)19/h7,16H,1-6H2. The smallest absolute Gasteiger partial charge is 0.464 e. The fraction of sp³-hybridized carbons (Fsp3) is 0.900. The van der Waals surface area contributed by atoms with Crippen molar-refractivity contribution in [3.63, 3.8) is 0 Å². The second kappa shape index (κ2) is 7.94. The maximum Gasteiger partial charge on any atom is 0.486 e. The van der Waals surface area contributed by atoms with Crippen LogP contribution in [0.5, 0.6) is 0 Å². The summed E-state index contributed by atoms with van der Waals surface area (Å²) in [6.07, 6.45) is 0.360. The van der Waals surface area contributed by atoms with Crippen molar-refractivity contribution in [3.05, 3.63) is 0 Å². The predicted molar refractivity (Wildman–Crippen MR) is 81.9 cm³/mol. The number of carbonyl (C=O) groups is 1. The molecule has 158 valence electrons. The molecule has 0 aromatic rings. The third-order valence-corrected chi connectivity index (χ3v) is 8.63. The lowest BCUT2D eigenvalue weighted by molar-refractivity contribution is -0.142. The molecule has 9 nitrogen and oxygen atoms in total. The van der Waals surface area contributed by atoms with Crippen molar-refractivity contribution in [1.82, 2.24) is 13.3 Å². The van der Waals surface area contributed by atoms with Gasteiger partial charge in [-0.15, -0.1) is 4.13 Å². The molecule has 0 radical (unpaired) electrons. The van der Waals surface area contributed by atoms with Crippen LogP contribution in [-0.4, -0.2) is 80.9 Å². The lowest BCUT2D eigenvalue weighted by Crippen LogP contribution is -2.57. The maximum absolute atomic E-state index is 14.0. The third-order valence-electron chi connectivity index (χ3n) is 3.84. The summed E-state index contributed by atoms with van der Waals surface area (Å²) in [5.74, 6) is -0.517. The van der Waals surface area contributed by atoms with Crippen LogP contribution in [0.2, 0.25) is 0 Å². The van der Waals surface area contributed by atoms with E-state index in [2.05, 4.69) is 0 Å². The molecule has 3 atom stereocenters. The molecule has 1 N–H and O–H groups in total. The van der Waals surface area contributed by atoms with Crippen LogP contribution in [0.3, 0.4) is 0 Å². The van der Waals surface area contributed by atoms with Crippen LogP contribution in [0.1, 0.15) is 6.42 Å². The van der Waals surface area contributed by atoms with E-state index >= 15 is 0 Å². The molecule has 2 heterocycles. The topological polar surface area (TPSA) is 113 Å². The quantitative estimate of drug-likeness (QED) is 0.407. The van der Waals surface area contributed by atoms with Gasteiger partial charge in [0.1, 0.15) is 6.04 Å². The van der Waals surface area contributed by atoms with Crippen LogP contribution in [0.4, 0.5) is 22.0 Å². The Hall–Kier alpha value is -0.750. The van der Waals surface area contributed by atoms with Crippen molar-refractivity contribution in [1.29, 1.82) is 0 Å². The van der Waals surface area contributed by atoms with E-state index in [4.69, 9.17) is 4.74 Å². The second-order valence-electron chi connectivity index (χ2n) is 5.44. The van der Waals surface area contributed by atoms with E-state index in [0.717, 1.165) is 0 Å². The Labute approximate surface area is 155 Å². The third kappa shape index (κ3) is 4.64. The molecule has 17 heteroatoms. The van der Waals surface area contributed by atoms with Gasteiger partial charge in [-0.05, 0) is 0 Å². The second-order valence-corrected chi connectivity index (χ2v) is 10.4. The fourth-order valence-corrected chi connectivity index (χ4v) is 6.13. The molecule has 2 aliphatic heterocycles. The molecular formula is C10H14F5N3O6S3. The first kappa shape index (κ1) is 22.5. The molecule has 2 rings (SSSR count). The summed E-state index contributed by atoms with van der Waals surface area (Å²) in [6, 6.07) is -0.625. The Morgan fingerprint density at radius 1 is 1.04 bits per heavy atom. The molecular weight excluding hydrogens is 449 g/mol. The molecule has 2 fully saturated rings. The zero-order valence-corrected chi connectivity index (χ0v) is 15.7. The number of hydrogen-bond donors (Lipinski definition) is 1. The van der Waals surface area contributed by atoms with Crippen molar-refractivity contribution >= 4 is 38.0 Å². The van der Waals surface area contributed by atoms with Gasteiger partial charge >= 0.3 is 16.1 Å². The average Bonchev–Trinajstić information content (AvgIpc) is 2.99. The summed E-state index contributed by atoms with van der Waals surface area (Å²) in [5.41, 5.74) is -5.50. The minimum atomic E-state index is -5.62. The van der Waals surface area contributed by atoms with Crippen molar-refractivity contribution in [3.8, 4) is 0 Å². The highest BCUT2D eigenvalue weighted by Crippen LogP contribution is 2.31. The number of ether oxygens (including phenoxy) is 1. The number of rotatable bonds is 6. The van der Waals surface area contributed by atoms with Gasteiger partial charge in [0, 0.05) is 32.6 Å². The van der Waals surface area contributed by atoms with Gasteiger partial charge in [0.25, 0.3) is 10.0 Å². The Bertz CT molecular complexity index is 737. The Balaban J connectivity index is 2.05. The number of nitrogens with zero attached hydrogens (tertiary/aromatic N) is 2. The average molecular weight is 463 g/mol. The van der Waals surface area contributed by atoms with E-state index < -0.39 is 67.2 Å². The first-order valence-corrected chi connectivity index (χ1v) is 11.0. The fourth-order valence-electron chi connectivity index (χ4n) is 2.48. The van der Waals surface area contributed by atoms with Crippen LogP contribution in [-0.2, 0) is 41.5 Å². The van der Waals surface area contributed by atoms with Gasteiger partial charge in [-0.3, -0.25) is 9.69 Å². The van der Waals surface area contributed by atoms with Gasteiger partial charge < -0.3 is 4.74 Å². The maximum atomic E-state index is 14.0. The predicted octanol–water partition coefficient (Wildman–Crippen LogP) is -0.764. The molecule has 3 unspecified atom stereocenters. The van der Waals surface area contributed by atoms with Crippen LogP contribution >= 0.6 is 0 Å². The molecule has 0 spiro atoms. The molecule has 0 saturated carbocycles. The highest BCUT2D eigenvalue weighted by Gasteiger charge is 2.57. The monoisotopic (exact) mass is 463 g/mol. The highest BCUT2D eigenvalue weighted by molar-refractivity contribution is 8.09. The van der Waals surface area contributed by atoms with Gasteiger partial charge in [0.15, 0.2) is 11.0 Å². The first-order valence-electron chi connectivity index (χ1n) is 7.23. The number of cyclic esters (lactones) is 1. The van der Waals surface area contributed by atoms with Crippen LogP contribution in [0.25, 0.3) is 0 Å². The Morgan fingerprint density at radius 2 is 1.59 bits per heavy atom. The number of sulfonamides is 1. The highest BCUT2D eigenvalue weighted by atomic mass is 32.3. The van der Waals surface area contributed by atoms with Crippen molar-refractivity contribution < 1.29 is 48.3 Å². The number of alkyl halides is 5. The molecule has 0 aliphatic carbocycles. The van der Waals surface area contributed by atoms with Crippen molar-refractivity contribution in [2.24, 2.45) is 0 Å². The van der Waals surface area contributed by atoms with Gasteiger partial charge in [-0.2, -0.15) is 26.3 Å². The van der Waals surface area contributed by atoms with E-state index in [1.807, 2.05) is 0 Å². The lowest BCUT2D eigenvalue weighted by atomic mass is 10.2. The van der Waals surface area contributed by atoms with Gasteiger partial charge in [0.05, 0.1) is 6.61 Å². The van der Waals surface area contributed by atoms with E-state index in [1.165, 1.54) is 4.90 Å². The SMILES string of the molecule is O=C1OCCC1N1CCN(S(=O)(=O)C(F)(F)S(=O)NS(=O)C(F)(F)F)CC1. The number of halogens is 5. The number of carbonyl (C=O) groups excluding carboxylic acids is 1. The minimum Gasteiger partial charge on any atom is -0.464 e. The number of hydrogen-bond acceptors (Lipinski definition) is 7. The molecule has 0 aromatic heterocycles. The molecule has 0 amide bonds. The number of piperazine rings is 1. The lowest BCUT2D eigenvalue weighted by Gasteiger charge is -2.36. The van der Waals surface area contributed by atoms with Crippen LogP contribution in [0, 0.1) is 0 Å². The van der Waals surface area contributed by atoms with Crippen molar-refractivity contribution in [2.45, 2.75) is 22.6 Å². The summed E-state index contributed by atoms with van der Waals surface area (Å²) < 4.78 is 111. The van der Waals surface area contributed by atoms with E-state index in [9.17, 15) is 43.6 Å². The minimum absolute atomic E-state index is 0.108. The molecule has 0 bridgehead atoms. The van der Waals surface area contributed by atoms with E-state index in [0.29, 0.717) is 10.5 Å². The van der Waals surface area contributed by atoms with Crippen LogP contribution < -0.4 is 4.13 Å². The Kier molecular flexibility index (Phi) is 6.63. The normalized spacial score (nSPS) is 26.0. The molecule has 2 saturated heterocycles. The number of nitrogens with one attached hydrogen (secondary N) is 1. The Morgan fingerprint density at radius 3 is 2.04 bits per heavy atom. The van der Waals surface area contributed by atoms with Crippen LogP contribution in [0.15, 0.2) is 0 Å². The van der Waals surface area contributed by atoms with Gasteiger partial charge in [-0.25, -0.2) is 16.8 Å². The summed E-state index contributed by atoms with van der Waals surface area (Å²) in [4.78, 5) is 13.0. The summed E-state index contributed by atoms with van der Waals surface area (Å²) in [5, 5.41) is 0.